The molecule has 2 aromatic rings. The SMILES string of the molecule is O=C(c1n[nH]c(=O)c2ccccc12)N1CC[C@H]2CCCC[C@H]2C1. The van der Waals surface area contributed by atoms with E-state index < -0.39 is 0 Å². The number of nitrogens with one attached hydrogen (secondary N) is 1. The number of carbonyl (C=O) groups is 1. The number of hydrogen-bond donors (Lipinski definition) is 1. The minimum Gasteiger partial charge on any atom is -0.337 e. The summed E-state index contributed by atoms with van der Waals surface area (Å²) in [4.78, 5) is 26.7. The molecule has 1 aliphatic heterocycles. The largest absolute Gasteiger partial charge is 0.337 e. The van der Waals surface area contributed by atoms with Crippen LogP contribution in [0.3, 0.4) is 0 Å². The number of aromatic amines is 1. The molecule has 23 heavy (non-hydrogen) atoms. The second-order valence-corrected chi connectivity index (χ2v) is 6.79. The Hall–Kier alpha value is -2.17. The maximum Gasteiger partial charge on any atom is 0.274 e. The molecule has 1 aromatic carbocycles. The molecule has 1 saturated heterocycles. The molecule has 2 atom stereocenters. The lowest BCUT2D eigenvalue weighted by Gasteiger charge is -2.41. The highest BCUT2D eigenvalue weighted by atomic mass is 16.2. The number of rotatable bonds is 1. The summed E-state index contributed by atoms with van der Waals surface area (Å²) in [6.45, 7) is 1.63. The molecule has 120 valence electrons. The third kappa shape index (κ3) is 2.54. The number of hydrogen-bond acceptors (Lipinski definition) is 3. The van der Waals surface area contributed by atoms with Crippen molar-refractivity contribution in [1.82, 2.24) is 15.1 Å². The maximum atomic E-state index is 12.9. The predicted molar refractivity (Wildman–Crippen MR) is 88.3 cm³/mol. The first-order chi connectivity index (χ1) is 11.2. The monoisotopic (exact) mass is 311 g/mol. The van der Waals surface area contributed by atoms with Gasteiger partial charge in [0.15, 0.2) is 5.69 Å². The summed E-state index contributed by atoms with van der Waals surface area (Å²) in [7, 11) is 0. The van der Waals surface area contributed by atoms with Crippen molar-refractivity contribution in [3.05, 3.63) is 40.3 Å². The van der Waals surface area contributed by atoms with Gasteiger partial charge in [-0.05, 0) is 30.7 Å². The highest BCUT2D eigenvalue weighted by Gasteiger charge is 2.34. The van der Waals surface area contributed by atoms with Crippen LogP contribution in [0.1, 0.15) is 42.6 Å². The van der Waals surface area contributed by atoms with E-state index in [1.54, 1.807) is 18.2 Å². The molecule has 1 aromatic heterocycles. The van der Waals surface area contributed by atoms with Crippen molar-refractivity contribution in [2.45, 2.75) is 32.1 Å². The van der Waals surface area contributed by atoms with E-state index in [1.165, 1.54) is 25.7 Å². The van der Waals surface area contributed by atoms with E-state index >= 15 is 0 Å². The Kier molecular flexibility index (Phi) is 3.63. The number of carbonyl (C=O) groups excluding carboxylic acids is 1. The maximum absolute atomic E-state index is 12.9. The van der Waals surface area contributed by atoms with Gasteiger partial charge in [0.25, 0.3) is 11.5 Å². The molecule has 0 bridgehead atoms. The van der Waals surface area contributed by atoms with E-state index in [0.29, 0.717) is 22.4 Å². The van der Waals surface area contributed by atoms with Crippen LogP contribution in [-0.4, -0.2) is 34.1 Å². The number of amides is 1. The molecule has 2 aliphatic rings. The Bertz CT molecular complexity index is 798. The Morgan fingerprint density at radius 3 is 2.65 bits per heavy atom. The van der Waals surface area contributed by atoms with Crippen LogP contribution >= 0.6 is 0 Å². The summed E-state index contributed by atoms with van der Waals surface area (Å²) in [6.07, 6.45) is 6.25. The molecular weight excluding hydrogens is 290 g/mol. The fourth-order valence-corrected chi connectivity index (χ4v) is 4.21. The second-order valence-electron chi connectivity index (χ2n) is 6.79. The Labute approximate surface area is 134 Å². The van der Waals surface area contributed by atoms with Crippen LogP contribution in [0.15, 0.2) is 29.1 Å². The van der Waals surface area contributed by atoms with Crippen LogP contribution in [0, 0.1) is 11.8 Å². The summed E-state index contributed by atoms with van der Waals surface area (Å²) in [5.74, 6) is 1.37. The molecule has 5 heteroatoms. The van der Waals surface area contributed by atoms with Gasteiger partial charge in [0.1, 0.15) is 0 Å². The summed E-state index contributed by atoms with van der Waals surface area (Å²) in [5.41, 5.74) is 0.123. The lowest BCUT2D eigenvalue weighted by atomic mass is 9.75. The molecule has 5 nitrogen and oxygen atoms in total. The van der Waals surface area contributed by atoms with Crippen LogP contribution in [0.5, 0.6) is 0 Å². The normalized spacial score (nSPS) is 24.4. The molecule has 0 radical (unpaired) electrons. The van der Waals surface area contributed by atoms with Crippen LogP contribution in [-0.2, 0) is 0 Å². The smallest absolute Gasteiger partial charge is 0.274 e. The fourth-order valence-electron chi connectivity index (χ4n) is 4.21. The summed E-state index contributed by atoms with van der Waals surface area (Å²) >= 11 is 0. The average Bonchev–Trinajstić information content (AvgIpc) is 2.61. The number of H-pyrrole nitrogens is 1. The molecular formula is C18H21N3O2. The highest BCUT2D eigenvalue weighted by molar-refractivity contribution is 6.04. The lowest BCUT2D eigenvalue weighted by Crippen LogP contribution is -2.45. The van der Waals surface area contributed by atoms with E-state index in [-0.39, 0.29) is 11.5 Å². The topological polar surface area (TPSA) is 66.1 Å². The first-order valence-electron chi connectivity index (χ1n) is 8.51. The van der Waals surface area contributed by atoms with Gasteiger partial charge in [-0.25, -0.2) is 5.10 Å². The molecule has 1 aliphatic carbocycles. The van der Waals surface area contributed by atoms with Gasteiger partial charge in [-0.15, -0.1) is 0 Å². The third-order valence-electron chi connectivity index (χ3n) is 5.48. The van der Waals surface area contributed by atoms with Crippen molar-refractivity contribution < 1.29 is 4.79 Å². The predicted octanol–water partition coefficient (Wildman–Crippen LogP) is 2.58. The summed E-state index contributed by atoms with van der Waals surface area (Å²) in [5, 5.41) is 7.69. The van der Waals surface area contributed by atoms with Crippen molar-refractivity contribution in [3.8, 4) is 0 Å². The van der Waals surface area contributed by atoms with E-state index in [1.807, 2.05) is 11.0 Å². The van der Waals surface area contributed by atoms with E-state index in [2.05, 4.69) is 10.2 Å². The first kappa shape index (κ1) is 14.4. The van der Waals surface area contributed by atoms with Gasteiger partial charge in [0.05, 0.1) is 5.39 Å². The minimum atomic E-state index is -0.247. The Morgan fingerprint density at radius 2 is 1.83 bits per heavy atom. The molecule has 1 amide bonds. The van der Waals surface area contributed by atoms with E-state index in [0.717, 1.165) is 25.4 Å². The van der Waals surface area contributed by atoms with Gasteiger partial charge in [-0.1, -0.05) is 37.5 Å². The number of likely N-dealkylation sites (tertiary alicyclic amines) is 1. The zero-order valence-corrected chi connectivity index (χ0v) is 13.1. The van der Waals surface area contributed by atoms with Crippen molar-refractivity contribution in [3.63, 3.8) is 0 Å². The summed E-state index contributed by atoms with van der Waals surface area (Å²) in [6, 6.07) is 7.19. The van der Waals surface area contributed by atoms with Crippen molar-refractivity contribution in [2.24, 2.45) is 11.8 Å². The van der Waals surface area contributed by atoms with Gasteiger partial charge in [-0.3, -0.25) is 9.59 Å². The van der Waals surface area contributed by atoms with Crippen molar-refractivity contribution >= 4 is 16.7 Å². The number of piperidine rings is 1. The molecule has 0 spiro atoms. The lowest BCUT2D eigenvalue weighted by molar-refractivity contribution is 0.0516. The van der Waals surface area contributed by atoms with Crippen LogP contribution in [0.4, 0.5) is 0 Å². The molecule has 1 N–H and O–H groups in total. The van der Waals surface area contributed by atoms with Gasteiger partial charge in [0.2, 0.25) is 0 Å². The van der Waals surface area contributed by atoms with Crippen LogP contribution in [0.2, 0.25) is 0 Å². The Balaban J connectivity index is 1.65. The van der Waals surface area contributed by atoms with Gasteiger partial charge >= 0.3 is 0 Å². The zero-order chi connectivity index (χ0) is 15.8. The molecule has 1 saturated carbocycles. The van der Waals surface area contributed by atoms with Crippen molar-refractivity contribution in [2.75, 3.05) is 13.1 Å². The number of nitrogens with zero attached hydrogens (tertiary/aromatic N) is 2. The first-order valence-corrected chi connectivity index (χ1v) is 8.51. The van der Waals surface area contributed by atoms with Gasteiger partial charge in [0, 0.05) is 18.5 Å². The quantitative estimate of drug-likeness (QED) is 0.880. The molecule has 2 fully saturated rings. The summed E-state index contributed by atoms with van der Waals surface area (Å²) < 4.78 is 0. The molecule has 0 unspecified atom stereocenters. The highest BCUT2D eigenvalue weighted by Crippen LogP contribution is 2.36. The van der Waals surface area contributed by atoms with E-state index in [4.69, 9.17) is 0 Å². The minimum absolute atomic E-state index is 0.0542. The second kappa shape index (κ2) is 5.80. The van der Waals surface area contributed by atoms with Gasteiger partial charge < -0.3 is 4.90 Å². The Morgan fingerprint density at radius 1 is 1.09 bits per heavy atom. The number of fused-ring (bicyclic) bond motifs is 2. The fraction of sp³-hybridized carbons (Fsp3) is 0.500. The molecule has 2 heterocycles. The average molecular weight is 311 g/mol. The van der Waals surface area contributed by atoms with Gasteiger partial charge in [-0.2, -0.15) is 5.10 Å². The van der Waals surface area contributed by atoms with Crippen molar-refractivity contribution in [1.29, 1.82) is 0 Å². The third-order valence-corrected chi connectivity index (χ3v) is 5.48. The zero-order valence-electron chi connectivity index (χ0n) is 13.1. The van der Waals surface area contributed by atoms with Crippen LogP contribution in [0.25, 0.3) is 10.8 Å². The number of aromatic nitrogens is 2. The van der Waals surface area contributed by atoms with E-state index in [9.17, 15) is 9.59 Å². The molecule has 4 rings (SSSR count). The number of benzene rings is 1. The van der Waals surface area contributed by atoms with Crippen LogP contribution < -0.4 is 5.56 Å². The standard InChI is InChI=1S/C18H21N3O2/c22-17-15-8-4-3-7-14(15)16(19-20-17)18(23)21-10-9-12-5-1-2-6-13(12)11-21/h3-4,7-8,12-13H,1-2,5-6,9-11H2,(H,20,22)/t12-,13+/m1/s1.